The van der Waals surface area contributed by atoms with Crippen molar-refractivity contribution in [3.8, 4) is 0 Å². The van der Waals surface area contributed by atoms with Crippen molar-refractivity contribution in [3.05, 3.63) is 0 Å². The summed E-state index contributed by atoms with van der Waals surface area (Å²) in [5.41, 5.74) is 0. The SMILES string of the molecule is C1CCCCCC1.CCC.CCCC.CCCC(C)CCC.CCCCCC. The molecule has 0 nitrogen and oxygen atoms in total. The number of hydrogen-bond donors (Lipinski definition) is 0. The quantitative estimate of drug-likeness (QED) is 0.280. The minimum Gasteiger partial charge on any atom is -0.0656 e. The van der Waals surface area contributed by atoms with Crippen LogP contribution in [0.1, 0.15) is 178 Å². The zero-order valence-corrected chi connectivity index (χ0v) is 22.3. The Balaban J connectivity index is -0.000000134. The molecule has 1 aliphatic carbocycles. The van der Waals surface area contributed by atoms with Gasteiger partial charge < -0.3 is 0 Å². The van der Waals surface area contributed by atoms with E-state index >= 15 is 0 Å². The van der Waals surface area contributed by atoms with Crippen LogP contribution in [0.2, 0.25) is 0 Å². The van der Waals surface area contributed by atoms with Gasteiger partial charge >= 0.3 is 0 Å². The van der Waals surface area contributed by atoms with Gasteiger partial charge in [-0.1, -0.05) is 178 Å². The van der Waals surface area contributed by atoms with Crippen LogP contribution in [0.5, 0.6) is 0 Å². The fourth-order valence-electron chi connectivity index (χ4n) is 2.87. The molecule has 0 radical (unpaired) electrons. The molecule has 1 saturated carbocycles. The van der Waals surface area contributed by atoms with E-state index in [0.29, 0.717) is 0 Å². The number of hydrogen-bond acceptors (Lipinski definition) is 0. The molecule has 176 valence electrons. The van der Waals surface area contributed by atoms with Gasteiger partial charge in [0.2, 0.25) is 0 Å². The molecule has 0 amide bonds. The van der Waals surface area contributed by atoms with E-state index in [0.717, 1.165) is 5.92 Å². The second-order valence-electron chi connectivity index (χ2n) is 8.57. The third-order valence-corrected chi connectivity index (χ3v) is 4.77. The molecule has 0 unspecified atom stereocenters. The first-order valence-electron chi connectivity index (χ1n) is 13.6. The van der Waals surface area contributed by atoms with Gasteiger partial charge in [0.05, 0.1) is 0 Å². The fourth-order valence-corrected chi connectivity index (χ4v) is 2.87. The lowest BCUT2D eigenvalue weighted by Crippen LogP contribution is -1.91. The first-order valence-corrected chi connectivity index (χ1v) is 13.6. The summed E-state index contributed by atoms with van der Waals surface area (Å²) in [6.45, 7) is 19.9. The molecule has 0 aromatic heterocycles. The largest absolute Gasteiger partial charge is 0.0656 e. The molecule has 0 aromatic rings. The molecule has 0 spiro atoms. The minimum atomic E-state index is 0.963. The van der Waals surface area contributed by atoms with Gasteiger partial charge in [-0.15, -0.1) is 0 Å². The van der Waals surface area contributed by atoms with E-state index in [1.54, 1.807) is 0 Å². The van der Waals surface area contributed by atoms with Gasteiger partial charge in [-0.25, -0.2) is 0 Å². The molecule has 0 aliphatic heterocycles. The monoisotopic (exact) mass is 401 g/mol. The molecule has 0 saturated heterocycles. The molecule has 1 fully saturated rings. The molecule has 1 rings (SSSR count). The van der Waals surface area contributed by atoms with E-state index in [2.05, 4.69) is 62.3 Å². The molecular weight excluding hydrogens is 336 g/mol. The second kappa shape index (κ2) is 41.4. The molecular formula is C28H64. The first-order chi connectivity index (χ1) is 13.6. The van der Waals surface area contributed by atoms with Crippen molar-refractivity contribution in [2.24, 2.45) is 5.92 Å². The fraction of sp³-hybridized carbons (Fsp3) is 1.00. The maximum Gasteiger partial charge on any atom is -0.0443 e. The highest BCUT2D eigenvalue weighted by Gasteiger charge is 1.96. The zero-order chi connectivity index (χ0) is 22.3. The summed E-state index contributed by atoms with van der Waals surface area (Å²) in [7, 11) is 0. The summed E-state index contributed by atoms with van der Waals surface area (Å²) in [5.74, 6) is 0.963. The lowest BCUT2D eigenvalue weighted by Gasteiger charge is -2.05. The van der Waals surface area contributed by atoms with Crippen LogP contribution in [0.25, 0.3) is 0 Å². The van der Waals surface area contributed by atoms with Crippen LogP contribution in [0.3, 0.4) is 0 Å². The summed E-state index contributed by atoms with van der Waals surface area (Å²) >= 11 is 0. The summed E-state index contributed by atoms with van der Waals surface area (Å²) in [6, 6.07) is 0. The third-order valence-electron chi connectivity index (χ3n) is 4.77. The predicted molar refractivity (Wildman–Crippen MR) is 138 cm³/mol. The standard InChI is InChI=1S/C8H18.C7H14.C6H14.C4H10.C3H8/c1-4-6-8(3)7-5-2;1-2-4-6-7-5-3-1;1-3-5-6-4-2;1-3-4-2;1-3-2/h8H,4-7H2,1-3H3;1-7H2;3-6H2,1-2H3;3-4H2,1-2H3;3H2,1-2H3. The molecule has 0 heteroatoms. The Morgan fingerprint density at radius 3 is 0.821 bits per heavy atom. The average molecular weight is 401 g/mol. The topological polar surface area (TPSA) is 0 Å². The van der Waals surface area contributed by atoms with Gasteiger partial charge in [0.25, 0.3) is 0 Å². The van der Waals surface area contributed by atoms with E-state index < -0.39 is 0 Å². The van der Waals surface area contributed by atoms with Gasteiger partial charge in [-0.3, -0.25) is 0 Å². The Morgan fingerprint density at radius 1 is 0.429 bits per heavy atom. The maximum absolute atomic E-state index is 2.34. The van der Waals surface area contributed by atoms with E-state index in [1.165, 1.54) is 116 Å². The Morgan fingerprint density at radius 2 is 0.679 bits per heavy atom. The highest BCUT2D eigenvalue weighted by atomic mass is 14.0. The van der Waals surface area contributed by atoms with Crippen molar-refractivity contribution in [3.63, 3.8) is 0 Å². The van der Waals surface area contributed by atoms with Gasteiger partial charge in [0.15, 0.2) is 0 Å². The van der Waals surface area contributed by atoms with Gasteiger partial charge in [0, 0.05) is 0 Å². The van der Waals surface area contributed by atoms with Crippen LogP contribution in [-0.4, -0.2) is 0 Å². The molecule has 0 N–H and O–H groups in total. The zero-order valence-electron chi connectivity index (χ0n) is 22.3. The van der Waals surface area contributed by atoms with Crippen LogP contribution in [0.15, 0.2) is 0 Å². The molecule has 0 atom stereocenters. The van der Waals surface area contributed by atoms with Crippen LogP contribution in [0.4, 0.5) is 0 Å². The summed E-state index contributed by atoms with van der Waals surface area (Å²) in [6.07, 6.45) is 25.4. The van der Waals surface area contributed by atoms with Crippen molar-refractivity contribution in [1.82, 2.24) is 0 Å². The van der Waals surface area contributed by atoms with E-state index in [4.69, 9.17) is 0 Å². The highest BCUT2D eigenvalue weighted by Crippen LogP contribution is 2.15. The summed E-state index contributed by atoms with van der Waals surface area (Å²) in [5, 5.41) is 0. The number of unbranched alkanes of at least 4 members (excludes halogenated alkanes) is 4. The van der Waals surface area contributed by atoms with E-state index in [9.17, 15) is 0 Å². The van der Waals surface area contributed by atoms with E-state index in [-0.39, 0.29) is 0 Å². The Kier molecular flexibility index (Phi) is 52.4. The molecule has 0 heterocycles. The van der Waals surface area contributed by atoms with Gasteiger partial charge in [-0.2, -0.15) is 0 Å². The van der Waals surface area contributed by atoms with Gasteiger partial charge in [0.1, 0.15) is 0 Å². The maximum atomic E-state index is 2.34. The van der Waals surface area contributed by atoms with Crippen molar-refractivity contribution in [1.29, 1.82) is 0 Å². The first kappa shape index (κ1) is 35.4. The highest BCUT2D eigenvalue weighted by molar-refractivity contribution is 4.51. The molecule has 28 heavy (non-hydrogen) atoms. The Bertz CT molecular complexity index is 153. The smallest absolute Gasteiger partial charge is 0.0443 e. The predicted octanol–water partition coefficient (Wildman–Crippen LogP) is 11.8. The number of rotatable bonds is 8. The molecule has 1 aliphatic rings. The van der Waals surface area contributed by atoms with Crippen molar-refractivity contribution in [2.45, 2.75) is 178 Å². The Hall–Kier alpha value is 0. The average Bonchev–Trinajstić information content (AvgIpc) is 3.02. The van der Waals surface area contributed by atoms with Crippen LogP contribution < -0.4 is 0 Å². The van der Waals surface area contributed by atoms with Crippen LogP contribution in [-0.2, 0) is 0 Å². The Labute approximate surface area is 184 Å². The van der Waals surface area contributed by atoms with Crippen molar-refractivity contribution >= 4 is 0 Å². The third kappa shape index (κ3) is 56.2. The minimum absolute atomic E-state index is 0.963. The van der Waals surface area contributed by atoms with Crippen LogP contribution in [0, 0.1) is 5.92 Å². The van der Waals surface area contributed by atoms with Crippen molar-refractivity contribution < 1.29 is 0 Å². The lowest BCUT2D eigenvalue weighted by molar-refractivity contribution is 0.480. The van der Waals surface area contributed by atoms with Gasteiger partial charge in [-0.05, 0) is 5.92 Å². The lowest BCUT2D eigenvalue weighted by atomic mass is 10.0. The van der Waals surface area contributed by atoms with E-state index in [1.807, 2.05) is 0 Å². The second-order valence-corrected chi connectivity index (χ2v) is 8.57. The summed E-state index contributed by atoms with van der Waals surface area (Å²) < 4.78 is 0. The molecule has 0 bridgehead atoms. The van der Waals surface area contributed by atoms with Crippen molar-refractivity contribution in [2.75, 3.05) is 0 Å². The summed E-state index contributed by atoms with van der Waals surface area (Å²) in [4.78, 5) is 0. The molecule has 0 aromatic carbocycles. The normalized spacial score (nSPS) is 12.6. The van der Waals surface area contributed by atoms with Crippen LogP contribution >= 0.6 is 0 Å².